The fourth-order valence-corrected chi connectivity index (χ4v) is 3.16. The lowest BCUT2D eigenvalue weighted by Crippen LogP contribution is -2.38. The van der Waals surface area contributed by atoms with Crippen molar-refractivity contribution in [3.63, 3.8) is 0 Å². The molecule has 2 rings (SSSR count). The van der Waals surface area contributed by atoms with Crippen molar-refractivity contribution in [2.75, 3.05) is 0 Å². The average molecular weight is 307 g/mol. The first-order valence-corrected chi connectivity index (χ1v) is 7.92. The predicted molar refractivity (Wildman–Crippen MR) is 85.7 cm³/mol. The molecule has 1 aromatic heterocycles. The second-order valence-electron chi connectivity index (χ2n) is 6.27. The van der Waals surface area contributed by atoms with E-state index in [4.69, 9.17) is 5.84 Å². The number of rotatable bonds is 5. The summed E-state index contributed by atoms with van der Waals surface area (Å²) < 4.78 is 12.9. The molecule has 0 radical (unpaired) electrons. The van der Waals surface area contributed by atoms with Crippen molar-refractivity contribution in [1.82, 2.24) is 10.4 Å². The molecule has 0 saturated carbocycles. The quantitative estimate of drug-likeness (QED) is 0.659. The zero-order valence-electron chi connectivity index (χ0n) is 12.7. The van der Waals surface area contributed by atoms with Gasteiger partial charge >= 0.3 is 0 Å². The van der Waals surface area contributed by atoms with Crippen LogP contribution in [0.1, 0.15) is 37.0 Å². The highest BCUT2D eigenvalue weighted by Crippen LogP contribution is 2.24. The van der Waals surface area contributed by atoms with Crippen molar-refractivity contribution >= 4 is 11.3 Å². The molecule has 0 amide bonds. The third kappa shape index (κ3) is 4.59. The van der Waals surface area contributed by atoms with E-state index in [0.29, 0.717) is 0 Å². The predicted octanol–water partition coefficient (Wildman–Crippen LogP) is 3.20. The van der Waals surface area contributed by atoms with Gasteiger partial charge in [0.1, 0.15) is 5.82 Å². The molecule has 21 heavy (non-hydrogen) atoms. The van der Waals surface area contributed by atoms with E-state index >= 15 is 0 Å². The topological polar surface area (TPSA) is 50.9 Å². The maximum absolute atomic E-state index is 12.9. The number of hydrogen-bond donors (Lipinski definition) is 2. The van der Waals surface area contributed by atoms with Gasteiger partial charge in [0, 0.05) is 23.3 Å². The van der Waals surface area contributed by atoms with Crippen molar-refractivity contribution in [2.24, 2.45) is 5.84 Å². The van der Waals surface area contributed by atoms with Crippen molar-refractivity contribution in [2.45, 2.75) is 45.1 Å². The molecule has 0 bridgehead atoms. The molecule has 1 aromatic carbocycles. The van der Waals surface area contributed by atoms with Crippen LogP contribution in [-0.2, 0) is 18.3 Å². The summed E-state index contributed by atoms with van der Waals surface area (Å²) in [5.41, 5.74) is 5.07. The Balaban J connectivity index is 2.02. The summed E-state index contributed by atoms with van der Waals surface area (Å²) in [5.74, 6) is 5.43. The minimum absolute atomic E-state index is 0.0668. The Bertz CT molecular complexity index is 572. The summed E-state index contributed by atoms with van der Waals surface area (Å²) in [6.07, 6.45) is 1.52. The maximum Gasteiger partial charge on any atom is 0.123 e. The summed E-state index contributed by atoms with van der Waals surface area (Å²) in [7, 11) is 0. The molecular formula is C16H22FN3S. The Morgan fingerprint density at radius 3 is 2.43 bits per heavy atom. The summed E-state index contributed by atoms with van der Waals surface area (Å²) in [6, 6.07) is 6.63. The largest absolute Gasteiger partial charge is 0.271 e. The van der Waals surface area contributed by atoms with Gasteiger partial charge in [-0.15, -0.1) is 11.3 Å². The molecule has 0 fully saturated rings. The van der Waals surface area contributed by atoms with Crippen LogP contribution in [0.2, 0.25) is 0 Å². The fraction of sp³-hybridized carbons (Fsp3) is 0.438. The summed E-state index contributed by atoms with van der Waals surface area (Å²) in [5, 5.41) is 3.19. The number of halogens is 1. The Morgan fingerprint density at radius 1 is 1.24 bits per heavy atom. The molecule has 1 atom stereocenters. The highest BCUT2D eigenvalue weighted by Gasteiger charge is 2.19. The van der Waals surface area contributed by atoms with Crippen LogP contribution in [0, 0.1) is 5.82 Å². The third-order valence-corrected chi connectivity index (χ3v) is 4.24. The van der Waals surface area contributed by atoms with Gasteiger partial charge in [-0.05, 0) is 24.1 Å². The number of thiazole rings is 1. The highest BCUT2D eigenvalue weighted by molar-refractivity contribution is 7.09. The van der Waals surface area contributed by atoms with Gasteiger partial charge in [-0.1, -0.05) is 32.9 Å². The number of aromatic nitrogens is 1. The molecule has 5 heteroatoms. The van der Waals surface area contributed by atoms with Gasteiger partial charge in [-0.3, -0.25) is 11.3 Å². The second-order valence-corrected chi connectivity index (χ2v) is 7.22. The van der Waals surface area contributed by atoms with E-state index in [9.17, 15) is 4.39 Å². The Hall–Kier alpha value is -1.30. The molecule has 0 saturated heterocycles. The average Bonchev–Trinajstić information content (AvgIpc) is 2.89. The van der Waals surface area contributed by atoms with Crippen LogP contribution in [0.3, 0.4) is 0 Å². The maximum atomic E-state index is 12.9. The van der Waals surface area contributed by atoms with E-state index in [1.54, 1.807) is 23.5 Å². The van der Waals surface area contributed by atoms with E-state index in [1.807, 2.05) is 0 Å². The van der Waals surface area contributed by atoms with E-state index in [0.717, 1.165) is 29.1 Å². The molecule has 0 aliphatic carbocycles. The molecule has 0 spiro atoms. The monoisotopic (exact) mass is 307 g/mol. The van der Waals surface area contributed by atoms with Crippen LogP contribution in [0.15, 0.2) is 29.6 Å². The molecule has 0 aliphatic heterocycles. The first kappa shape index (κ1) is 16.1. The van der Waals surface area contributed by atoms with Gasteiger partial charge in [-0.2, -0.15) is 0 Å². The van der Waals surface area contributed by atoms with Crippen molar-refractivity contribution in [1.29, 1.82) is 0 Å². The molecule has 3 nitrogen and oxygen atoms in total. The highest BCUT2D eigenvalue weighted by atomic mass is 32.1. The molecule has 1 heterocycles. The minimum Gasteiger partial charge on any atom is -0.271 e. The van der Waals surface area contributed by atoms with Crippen LogP contribution in [0.4, 0.5) is 4.39 Å². The number of nitrogens with two attached hydrogens (primary N) is 1. The van der Waals surface area contributed by atoms with Crippen molar-refractivity contribution in [3.8, 4) is 0 Å². The lowest BCUT2D eigenvalue weighted by Gasteiger charge is -2.16. The van der Waals surface area contributed by atoms with Crippen LogP contribution in [-0.4, -0.2) is 11.0 Å². The number of nitrogens with zero attached hydrogens (tertiary/aromatic N) is 1. The van der Waals surface area contributed by atoms with Gasteiger partial charge < -0.3 is 0 Å². The van der Waals surface area contributed by atoms with Gasteiger partial charge in [0.05, 0.1) is 10.7 Å². The molecule has 114 valence electrons. The van der Waals surface area contributed by atoms with Gasteiger partial charge in [0.2, 0.25) is 0 Å². The normalized spacial score (nSPS) is 13.4. The fourth-order valence-electron chi connectivity index (χ4n) is 2.05. The van der Waals surface area contributed by atoms with E-state index in [1.165, 1.54) is 12.1 Å². The van der Waals surface area contributed by atoms with E-state index in [-0.39, 0.29) is 17.3 Å². The Labute approximate surface area is 129 Å². The number of hydrazine groups is 1. The van der Waals surface area contributed by atoms with E-state index in [2.05, 4.69) is 36.6 Å². The van der Waals surface area contributed by atoms with Crippen LogP contribution in [0.5, 0.6) is 0 Å². The molecule has 3 N–H and O–H groups in total. The smallest absolute Gasteiger partial charge is 0.123 e. The standard InChI is InChI=1S/C16H22FN3S/c1-16(2,3)14-10-21-15(19-14)9-13(20-18)8-11-4-6-12(17)7-5-11/h4-7,10,13,20H,8-9,18H2,1-3H3. The second kappa shape index (κ2) is 6.64. The van der Waals surface area contributed by atoms with Gasteiger partial charge in [-0.25, -0.2) is 9.37 Å². The number of hydrogen-bond acceptors (Lipinski definition) is 4. The van der Waals surface area contributed by atoms with Gasteiger partial charge in [0.25, 0.3) is 0 Å². The van der Waals surface area contributed by atoms with Crippen LogP contribution in [0.25, 0.3) is 0 Å². The lowest BCUT2D eigenvalue weighted by molar-refractivity contribution is 0.516. The first-order valence-electron chi connectivity index (χ1n) is 7.04. The number of nitrogens with one attached hydrogen (secondary N) is 1. The van der Waals surface area contributed by atoms with E-state index < -0.39 is 0 Å². The minimum atomic E-state index is -0.217. The summed E-state index contributed by atoms with van der Waals surface area (Å²) >= 11 is 1.67. The van der Waals surface area contributed by atoms with Crippen molar-refractivity contribution < 1.29 is 4.39 Å². The first-order chi connectivity index (χ1) is 9.88. The zero-order valence-corrected chi connectivity index (χ0v) is 13.5. The van der Waals surface area contributed by atoms with Crippen molar-refractivity contribution in [3.05, 3.63) is 51.7 Å². The summed E-state index contributed by atoms with van der Waals surface area (Å²) in [4.78, 5) is 4.69. The van der Waals surface area contributed by atoms with Gasteiger partial charge in [0.15, 0.2) is 0 Å². The Kier molecular flexibility index (Phi) is 5.08. The Morgan fingerprint density at radius 2 is 1.90 bits per heavy atom. The zero-order chi connectivity index (χ0) is 15.5. The molecule has 1 unspecified atom stereocenters. The molecule has 0 aliphatic rings. The third-order valence-electron chi connectivity index (χ3n) is 3.37. The molecule has 2 aromatic rings. The summed E-state index contributed by atoms with van der Waals surface area (Å²) in [6.45, 7) is 6.47. The lowest BCUT2D eigenvalue weighted by atomic mass is 9.93. The molecular weight excluding hydrogens is 285 g/mol. The van der Waals surface area contributed by atoms with Crippen LogP contribution >= 0.6 is 11.3 Å². The van der Waals surface area contributed by atoms with Crippen LogP contribution < -0.4 is 11.3 Å². The SMILES string of the molecule is CC(C)(C)c1csc(CC(Cc2ccc(F)cc2)NN)n1. The number of benzene rings is 1.